The molecular weight excluding hydrogens is 414 g/mol. The van der Waals surface area contributed by atoms with Gasteiger partial charge in [-0.05, 0) is 43.4 Å². The number of hydrogen-bond acceptors (Lipinski definition) is 6. The van der Waals surface area contributed by atoms with Gasteiger partial charge in [0.05, 0.1) is 24.3 Å². The summed E-state index contributed by atoms with van der Waals surface area (Å²) in [6.07, 6.45) is 5.72. The van der Waals surface area contributed by atoms with Crippen LogP contribution in [0.4, 0.5) is 0 Å². The van der Waals surface area contributed by atoms with E-state index < -0.39 is 0 Å². The monoisotopic (exact) mass is 441 g/mol. The lowest BCUT2D eigenvalue weighted by atomic mass is 10.1. The SMILES string of the molecule is O=c1c2c3c(sc2nc(SCCN2CCOCC2)n1-c1ccccc1)CCCCC3. The normalized spacial score (nSPS) is 17.7. The number of aromatic nitrogens is 2. The Labute approximate surface area is 185 Å². The molecule has 0 atom stereocenters. The van der Waals surface area contributed by atoms with E-state index in [0.29, 0.717) is 0 Å². The minimum absolute atomic E-state index is 0.0967. The zero-order valence-corrected chi connectivity index (χ0v) is 18.8. The minimum atomic E-state index is 0.0967. The molecule has 158 valence electrons. The lowest BCUT2D eigenvalue weighted by Crippen LogP contribution is -2.37. The molecule has 1 fully saturated rings. The topological polar surface area (TPSA) is 47.4 Å². The van der Waals surface area contributed by atoms with Crippen molar-refractivity contribution < 1.29 is 4.74 Å². The van der Waals surface area contributed by atoms with Crippen molar-refractivity contribution in [2.45, 2.75) is 37.3 Å². The number of benzene rings is 1. The molecule has 1 aliphatic heterocycles. The molecule has 0 unspecified atom stereocenters. The number of aryl methyl sites for hydroxylation is 2. The zero-order chi connectivity index (χ0) is 20.3. The summed E-state index contributed by atoms with van der Waals surface area (Å²) in [5.74, 6) is 0.913. The zero-order valence-electron chi connectivity index (χ0n) is 17.1. The molecule has 0 spiro atoms. The third-order valence-corrected chi connectivity index (χ3v) is 8.07. The molecule has 5 rings (SSSR count). The highest BCUT2D eigenvalue weighted by molar-refractivity contribution is 7.99. The number of thioether (sulfide) groups is 1. The molecule has 7 heteroatoms. The third kappa shape index (κ3) is 4.08. The van der Waals surface area contributed by atoms with Gasteiger partial charge in [0.25, 0.3) is 5.56 Å². The summed E-state index contributed by atoms with van der Waals surface area (Å²) in [4.78, 5) is 23.5. The number of rotatable bonds is 5. The van der Waals surface area contributed by atoms with Crippen molar-refractivity contribution in [3.63, 3.8) is 0 Å². The average Bonchev–Trinajstić information content (AvgIpc) is 2.96. The summed E-state index contributed by atoms with van der Waals surface area (Å²) in [5, 5.41) is 1.67. The Kier molecular flexibility index (Phi) is 6.22. The van der Waals surface area contributed by atoms with Gasteiger partial charge in [0.15, 0.2) is 5.16 Å². The molecule has 1 aromatic carbocycles. The minimum Gasteiger partial charge on any atom is -0.379 e. The van der Waals surface area contributed by atoms with E-state index >= 15 is 0 Å². The number of thiophene rings is 1. The second kappa shape index (κ2) is 9.22. The van der Waals surface area contributed by atoms with E-state index in [4.69, 9.17) is 9.72 Å². The molecule has 0 amide bonds. The van der Waals surface area contributed by atoms with Gasteiger partial charge < -0.3 is 4.74 Å². The summed E-state index contributed by atoms with van der Waals surface area (Å²) in [5.41, 5.74) is 2.26. The highest BCUT2D eigenvalue weighted by Crippen LogP contribution is 2.34. The molecule has 1 saturated heterocycles. The van der Waals surface area contributed by atoms with Crippen LogP contribution in [-0.4, -0.2) is 53.1 Å². The Hall–Kier alpha value is -1.67. The first-order valence-electron chi connectivity index (χ1n) is 10.9. The number of hydrogen-bond donors (Lipinski definition) is 0. The van der Waals surface area contributed by atoms with Crippen LogP contribution in [0.15, 0.2) is 40.3 Å². The van der Waals surface area contributed by atoms with Gasteiger partial charge in [-0.3, -0.25) is 14.3 Å². The van der Waals surface area contributed by atoms with E-state index in [2.05, 4.69) is 4.90 Å². The van der Waals surface area contributed by atoms with Gasteiger partial charge in [0, 0.05) is 30.3 Å². The molecule has 0 N–H and O–H groups in total. The standard InChI is InChI=1S/C23H27N3O2S2/c27-22-20-18-9-5-2-6-10-19(18)30-21(20)24-23(26(22)17-7-3-1-4-8-17)29-16-13-25-11-14-28-15-12-25/h1,3-4,7-8H,2,5-6,9-16H2. The van der Waals surface area contributed by atoms with E-state index in [1.54, 1.807) is 23.1 Å². The Morgan fingerprint density at radius 1 is 1.07 bits per heavy atom. The first kappa shape index (κ1) is 20.2. The van der Waals surface area contributed by atoms with Crippen molar-refractivity contribution in [2.24, 2.45) is 0 Å². The van der Waals surface area contributed by atoms with E-state index in [0.717, 1.165) is 72.5 Å². The highest BCUT2D eigenvalue weighted by atomic mass is 32.2. The van der Waals surface area contributed by atoms with Gasteiger partial charge in [0.2, 0.25) is 0 Å². The van der Waals surface area contributed by atoms with Crippen LogP contribution in [0.1, 0.15) is 29.7 Å². The number of fused-ring (bicyclic) bond motifs is 3. The van der Waals surface area contributed by atoms with Crippen LogP contribution >= 0.6 is 23.1 Å². The molecule has 1 aliphatic carbocycles. The van der Waals surface area contributed by atoms with Crippen LogP contribution in [0.5, 0.6) is 0 Å². The summed E-state index contributed by atoms with van der Waals surface area (Å²) in [7, 11) is 0. The fraction of sp³-hybridized carbons (Fsp3) is 0.478. The average molecular weight is 442 g/mol. The van der Waals surface area contributed by atoms with Gasteiger partial charge in [0.1, 0.15) is 4.83 Å². The van der Waals surface area contributed by atoms with Gasteiger partial charge in [-0.2, -0.15) is 0 Å². The quantitative estimate of drug-likeness (QED) is 0.338. The smallest absolute Gasteiger partial charge is 0.267 e. The maximum atomic E-state index is 13.7. The van der Waals surface area contributed by atoms with Crippen LogP contribution < -0.4 is 5.56 Å². The molecule has 0 radical (unpaired) electrons. The lowest BCUT2D eigenvalue weighted by molar-refractivity contribution is 0.0410. The van der Waals surface area contributed by atoms with Gasteiger partial charge in [-0.15, -0.1) is 11.3 Å². The van der Waals surface area contributed by atoms with E-state index in [1.165, 1.54) is 29.7 Å². The van der Waals surface area contributed by atoms with Gasteiger partial charge >= 0.3 is 0 Å². The second-order valence-corrected chi connectivity index (χ2v) is 10.1. The predicted molar refractivity (Wildman–Crippen MR) is 124 cm³/mol. The first-order valence-corrected chi connectivity index (χ1v) is 12.7. The van der Waals surface area contributed by atoms with E-state index in [9.17, 15) is 4.79 Å². The molecule has 3 heterocycles. The van der Waals surface area contributed by atoms with Crippen molar-refractivity contribution in [1.82, 2.24) is 14.5 Å². The summed E-state index contributed by atoms with van der Waals surface area (Å²) >= 11 is 3.43. The largest absolute Gasteiger partial charge is 0.379 e. The number of morpholine rings is 1. The third-order valence-electron chi connectivity index (χ3n) is 5.96. The first-order chi connectivity index (χ1) is 14.8. The lowest BCUT2D eigenvalue weighted by Gasteiger charge is -2.26. The maximum absolute atomic E-state index is 13.7. The number of ether oxygens (including phenoxy) is 1. The molecule has 3 aromatic rings. The van der Waals surface area contributed by atoms with Crippen molar-refractivity contribution in [3.05, 3.63) is 51.1 Å². The van der Waals surface area contributed by atoms with Crippen LogP contribution in [-0.2, 0) is 17.6 Å². The molecule has 5 nitrogen and oxygen atoms in total. The van der Waals surface area contributed by atoms with E-state index in [1.807, 2.05) is 34.9 Å². The summed E-state index contributed by atoms with van der Waals surface area (Å²) < 4.78 is 7.29. The Bertz CT molecular complexity index is 1070. The molecule has 0 bridgehead atoms. The van der Waals surface area contributed by atoms with Crippen LogP contribution in [0.3, 0.4) is 0 Å². The second-order valence-electron chi connectivity index (χ2n) is 7.92. The van der Waals surface area contributed by atoms with Crippen LogP contribution in [0.25, 0.3) is 15.9 Å². The fourth-order valence-corrected chi connectivity index (χ4v) is 6.67. The van der Waals surface area contributed by atoms with Crippen LogP contribution in [0.2, 0.25) is 0 Å². The fourth-order valence-electron chi connectivity index (χ4n) is 4.36. The number of para-hydroxylation sites is 1. The Morgan fingerprint density at radius 2 is 1.87 bits per heavy atom. The van der Waals surface area contributed by atoms with E-state index in [-0.39, 0.29) is 5.56 Å². The number of nitrogens with zero attached hydrogens (tertiary/aromatic N) is 3. The van der Waals surface area contributed by atoms with Gasteiger partial charge in [-0.1, -0.05) is 36.4 Å². The maximum Gasteiger partial charge on any atom is 0.267 e. The van der Waals surface area contributed by atoms with Crippen molar-refractivity contribution in [2.75, 3.05) is 38.6 Å². The highest BCUT2D eigenvalue weighted by Gasteiger charge is 2.22. The molecular formula is C23H27N3O2S2. The molecule has 2 aromatic heterocycles. The predicted octanol–water partition coefficient (Wildman–Crippen LogP) is 4.14. The molecule has 2 aliphatic rings. The van der Waals surface area contributed by atoms with Crippen molar-refractivity contribution in [3.8, 4) is 5.69 Å². The molecule has 30 heavy (non-hydrogen) atoms. The summed E-state index contributed by atoms with van der Waals surface area (Å²) in [6, 6.07) is 9.98. The molecule has 0 saturated carbocycles. The summed E-state index contributed by atoms with van der Waals surface area (Å²) in [6.45, 7) is 4.57. The van der Waals surface area contributed by atoms with Crippen LogP contribution in [0, 0.1) is 0 Å². The Balaban J connectivity index is 1.53. The van der Waals surface area contributed by atoms with Crippen molar-refractivity contribution >= 4 is 33.3 Å². The van der Waals surface area contributed by atoms with Gasteiger partial charge in [-0.25, -0.2) is 4.98 Å². The Morgan fingerprint density at radius 3 is 2.70 bits per heavy atom. The van der Waals surface area contributed by atoms with Crippen molar-refractivity contribution in [1.29, 1.82) is 0 Å².